The molecule has 0 bridgehead atoms. The van der Waals surface area contributed by atoms with Crippen molar-refractivity contribution < 1.29 is 19.4 Å². The van der Waals surface area contributed by atoms with Crippen LogP contribution in [0.5, 0.6) is 11.5 Å². The summed E-state index contributed by atoms with van der Waals surface area (Å²) < 4.78 is 13.9. The molecule has 2 aromatic heterocycles. The maximum absolute atomic E-state index is 13.2. The fraction of sp³-hybridized carbons (Fsp3) is 0.107. The summed E-state index contributed by atoms with van der Waals surface area (Å²) in [6.07, 6.45) is 4.14. The summed E-state index contributed by atoms with van der Waals surface area (Å²) in [5.41, 5.74) is 4.17. The van der Waals surface area contributed by atoms with Crippen molar-refractivity contribution in [2.24, 2.45) is 0 Å². The Balaban J connectivity index is 1.51. The molecule has 0 saturated carbocycles. The molecule has 0 aliphatic heterocycles. The number of hydrogen-bond donors (Lipinski definition) is 1. The maximum atomic E-state index is 13.2. The molecule has 1 N–H and O–H groups in total. The number of aromatic carboxylic acids is 1. The van der Waals surface area contributed by atoms with Crippen LogP contribution in [-0.4, -0.2) is 27.6 Å². The molecule has 0 fully saturated rings. The number of hydrogen-bond acceptors (Lipinski definition) is 6. The molecule has 7 nitrogen and oxygen atoms in total. The van der Waals surface area contributed by atoms with Crippen molar-refractivity contribution in [3.63, 3.8) is 0 Å². The van der Waals surface area contributed by atoms with E-state index in [4.69, 9.17) is 14.6 Å². The van der Waals surface area contributed by atoms with Gasteiger partial charge in [0, 0.05) is 5.56 Å². The van der Waals surface area contributed by atoms with Gasteiger partial charge in [0.1, 0.15) is 6.61 Å². The van der Waals surface area contributed by atoms with Gasteiger partial charge < -0.3 is 14.6 Å². The predicted molar refractivity (Wildman–Crippen MR) is 140 cm³/mol. The number of carboxylic acids is 1. The van der Waals surface area contributed by atoms with Crippen molar-refractivity contribution in [1.82, 2.24) is 9.38 Å². The van der Waals surface area contributed by atoms with Crippen LogP contribution < -0.4 is 19.6 Å². The van der Waals surface area contributed by atoms with Gasteiger partial charge in [-0.05, 0) is 60.0 Å². The van der Waals surface area contributed by atoms with Gasteiger partial charge in [-0.25, -0.2) is 14.2 Å². The monoisotopic (exact) mass is 498 g/mol. The molecule has 2 heterocycles. The first-order valence-corrected chi connectivity index (χ1v) is 12.0. The fourth-order valence-electron chi connectivity index (χ4n) is 4.05. The number of nitrogens with zero attached hydrogens (tertiary/aromatic N) is 2. The third-order valence-electron chi connectivity index (χ3n) is 5.77. The molecule has 0 atom stereocenters. The molecule has 0 saturated heterocycles. The van der Waals surface area contributed by atoms with Crippen LogP contribution in [0, 0.1) is 0 Å². The Kier molecular flexibility index (Phi) is 6.26. The largest absolute Gasteiger partial charge is 0.493 e. The van der Waals surface area contributed by atoms with Gasteiger partial charge in [0.25, 0.3) is 5.56 Å². The van der Waals surface area contributed by atoms with Crippen LogP contribution in [0.25, 0.3) is 22.1 Å². The molecular formula is C28H22N2O5S. The van der Waals surface area contributed by atoms with E-state index in [1.165, 1.54) is 11.3 Å². The van der Waals surface area contributed by atoms with E-state index in [2.05, 4.69) is 11.6 Å². The lowest BCUT2D eigenvalue weighted by atomic mass is 10.1. The van der Waals surface area contributed by atoms with Crippen molar-refractivity contribution in [1.29, 1.82) is 0 Å². The van der Waals surface area contributed by atoms with Gasteiger partial charge in [-0.3, -0.25) is 4.79 Å². The Morgan fingerprint density at radius 3 is 2.67 bits per heavy atom. The van der Waals surface area contributed by atoms with Gasteiger partial charge in [0.05, 0.1) is 28.2 Å². The van der Waals surface area contributed by atoms with E-state index in [1.54, 1.807) is 41.9 Å². The van der Waals surface area contributed by atoms with Crippen LogP contribution in [-0.2, 0) is 13.0 Å². The van der Waals surface area contributed by atoms with E-state index in [9.17, 15) is 9.59 Å². The molecule has 5 rings (SSSR count). The SMILES string of the molecule is C=CCc1cc(/C=c2\sc3nc4ccccc4n3c2=O)cc(OC)c1OCc1ccc(C(=O)O)cc1. The quantitative estimate of drug-likeness (QED) is 0.318. The number of carboxylic acid groups (broad SMARTS) is 1. The zero-order valence-corrected chi connectivity index (χ0v) is 20.2. The van der Waals surface area contributed by atoms with Crippen molar-refractivity contribution in [3.05, 3.63) is 110 Å². The molecule has 0 amide bonds. The van der Waals surface area contributed by atoms with Gasteiger partial charge in [0.15, 0.2) is 16.5 Å². The second-order valence-electron chi connectivity index (χ2n) is 8.13. The van der Waals surface area contributed by atoms with Gasteiger partial charge >= 0.3 is 5.97 Å². The van der Waals surface area contributed by atoms with Crippen molar-refractivity contribution >= 4 is 39.4 Å². The minimum atomic E-state index is -0.974. The normalized spacial score (nSPS) is 11.8. The van der Waals surface area contributed by atoms with Crippen LogP contribution in [0.1, 0.15) is 27.0 Å². The Bertz CT molecular complexity index is 1720. The van der Waals surface area contributed by atoms with E-state index >= 15 is 0 Å². The average molecular weight is 499 g/mol. The molecule has 0 radical (unpaired) electrons. The number of carbonyl (C=O) groups is 1. The summed E-state index contributed by atoms with van der Waals surface area (Å²) in [5.74, 6) is 0.130. The molecule has 8 heteroatoms. The molecule has 180 valence electrons. The molecule has 5 aromatic rings. The summed E-state index contributed by atoms with van der Waals surface area (Å²) in [7, 11) is 1.57. The maximum Gasteiger partial charge on any atom is 0.335 e. The number of aromatic nitrogens is 2. The van der Waals surface area contributed by atoms with E-state index < -0.39 is 5.97 Å². The van der Waals surface area contributed by atoms with Crippen LogP contribution in [0.15, 0.2) is 78.1 Å². The molecule has 0 aliphatic rings. The van der Waals surface area contributed by atoms with Crippen LogP contribution in [0.3, 0.4) is 0 Å². The molecule has 36 heavy (non-hydrogen) atoms. The van der Waals surface area contributed by atoms with Crippen LogP contribution >= 0.6 is 11.3 Å². The zero-order chi connectivity index (χ0) is 25.2. The third-order valence-corrected chi connectivity index (χ3v) is 6.73. The Labute approximate surface area is 210 Å². The lowest BCUT2D eigenvalue weighted by Gasteiger charge is -2.16. The predicted octanol–water partition coefficient (Wildman–Crippen LogP) is 4.47. The number of rotatable bonds is 8. The van der Waals surface area contributed by atoms with E-state index in [0.717, 1.165) is 27.7 Å². The number of ether oxygens (including phenoxy) is 2. The molecule has 0 spiro atoms. The highest BCUT2D eigenvalue weighted by atomic mass is 32.1. The number of para-hydroxylation sites is 2. The van der Waals surface area contributed by atoms with Gasteiger partial charge in [-0.2, -0.15) is 0 Å². The van der Waals surface area contributed by atoms with Crippen LogP contribution in [0.4, 0.5) is 0 Å². The van der Waals surface area contributed by atoms with E-state index in [0.29, 0.717) is 27.4 Å². The van der Waals surface area contributed by atoms with Gasteiger partial charge in [-0.1, -0.05) is 41.7 Å². The first-order valence-electron chi connectivity index (χ1n) is 11.2. The fourth-order valence-corrected chi connectivity index (χ4v) is 5.04. The van der Waals surface area contributed by atoms with Crippen molar-refractivity contribution in [3.8, 4) is 11.5 Å². The van der Waals surface area contributed by atoms with Gasteiger partial charge in [-0.15, -0.1) is 6.58 Å². The summed E-state index contributed by atoms with van der Waals surface area (Å²) in [5, 5.41) is 9.09. The van der Waals surface area contributed by atoms with Crippen LogP contribution in [0.2, 0.25) is 0 Å². The van der Waals surface area contributed by atoms with Crippen molar-refractivity contribution in [2.75, 3.05) is 7.11 Å². The minimum Gasteiger partial charge on any atom is -0.493 e. The molecule has 0 aliphatic carbocycles. The zero-order valence-electron chi connectivity index (χ0n) is 19.4. The number of thiazole rings is 1. The Morgan fingerprint density at radius 1 is 1.17 bits per heavy atom. The smallest absolute Gasteiger partial charge is 0.335 e. The topological polar surface area (TPSA) is 90.1 Å². The molecular weight excluding hydrogens is 476 g/mol. The summed E-state index contributed by atoms with van der Waals surface area (Å²) in [6.45, 7) is 4.09. The third kappa shape index (κ3) is 4.34. The molecule has 3 aromatic carbocycles. The highest BCUT2D eigenvalue weighted by Gasteiger charge is 2.15. The summed E-state index contributed by atoms with van der Waals surface area (Å²) in [6, 6.07) is 17.9. The highest BCUT2D eigenvalue weighted by Crippen LogP contribution is 2.34. The van der Waals surface area contributed by atoms with Gasteiger partial charge in [0.2, 0.25) is 0 Å². The number of benzene rings is 3. The Morgan fingerprint density at radius 2 is 1.94 bits per heavy atom. The average Bonchev–Trinajstić information content (AvgIpc) is 3.39. The highest BCUT2D eigenvalue weighted by molar-refractivity contribution is 7.15. The Hall–Kier alpha value is -4.43. The summed E-state index contributed by atoms with van der Waals surface area (Å²) in [4.78, 5) is 29.5. The second-order valence-corrected chi connectivity index (χ2v) is 9.14. The standard InChI is InChI=1S/C28H22N2O5S/c1-3-6-20-13-18(15-24-26(31)30-22-8-5-4-7-21(22)29-28(30)36-24)14-23(34-2)25(20)35-16-17-9-11-19(12-10-17)27(32)33/h3-5,7-15H,1,6,16H2,2H3,(H,32,33)/b24-15-. The first-order chi connectivity index (χ1) is 17.5. The van der Waals surface area contributed by atoms with E-state index in [1.807, 2.05) is 42.5 Å². The first kappa shape index (κ1) is 23.3. The molecule has 0 unspecified atom stereocenters. The minimum absolute atomic E-state index is 0.113. The number of methoxy groups -OCH3 is 1. The number of fused-ring (bicyclic) bond motifs is 3. The lowest BCUT2D eigenvalue weighted by molar-refractivity contribution is 0.0697. The second kappa shape index (κ2) is 9.67. The van der Waals surface area contributed by atoms with Crippen molar-refractivity contribution in [2.45, 2.75) is 13.0 Å². The van der Waals surface area contributed by atoms with E-state index in [-0.39, 0.29) is 17.7 Å². The summed E-state index contributed by atoms with van der Waals surface area (Å²) >= 11 is 1.34. The lowest BCUT2D eigenvalue weighted by Crippen LogP contribution is -2.22. The number of imidazole rings is 1. The number of allylic oxidation sites excluding steroid dienone is 1.